The minimum absolute atomic E-state index is 0.238. The van der Waals surface area contributed by atoms with E-state index in [2.05, 4.69) is 4.99 Å². The number of anilines is 1. The zero-order valence-corrected chi connectivity index (χ0v) is 14.9. The van der Waals surface area contributed by atoms with Gasteiger partial charge >= 0.3 is 5.97 Å². The fourth-order valence-corrected chi connectivity index (χ4v) is 3.06. The van der Waals surface area contributed by atoms with Gasteiger partial charge < -0.3 is 14.4 Å². The van der Waals surface area contributed by atoms with Crippen LogP contribution in [-0.4, -0.2) is 45.4 Å². The first kappa shape index (κ1) is 17.7. The van der Waals surface area contributed by atoms with E-state index >= 15 is 0 Å². The molecule has 134 valence electrons. The second-order valence-corrected chi connectivity index (χ2v) is 6.15. The largest absolute Gasteiger partial charge is 0.467 e. The van der Waals surface area contributed by atoms with Crippen LogP contribution in [0.4, 0.5) is 5.69 Å². The standard InChI is InChI=1S/C20H20N2O4/c1-22(2)16-12-8-7-11-15(16)20(13-23)17(19(24)25-3)21-18(26-20)14-9-5-4-6-10-14/h4-13,17H,1-3H3/t17?,20-/m0/s1. The van der Waals surface area contributed by atoms with Gasteiger partial charge in [-0.15, -0.1) is 0 Å². The van der Waals surface area contributed by atoms with Crippen LogP contribution in [-0.2, 0) is 24.7 Å². The van der Waals surface area contributed by atoms with Gasteiger partial charge in [0.1, 0.15) is 0 Å². The molecule has 26 heavy (non-hydrogen) atoms. The summed E-state index contributed by atoms with van der Waals surface area (Å²) in [6.45, 7) is 0. The number of aldehydes is 1. The topological polar surface area (TPSA) is 68.2 Å². The highest BCUT2D eigenvalue weighted by Crippen LogP contribution is 2.40. The summed E-state index contributed by atoms with van der Waals surface area (Å²) in [5.74, 6) is -0.391. The van der Waals surface area contributed by atoms with E-state index < -0.39 is 17.6 Å². The van der Waals surface area contributed by atoms with Crippen LogP contribution in [0.2, 0.25) is 0 Å². The van der Waals surface area contributed by atoms with Gasteiger partial charge in [0.25, 0.3) is 0 Å². The maximum atomic E-state index is 12.4. The molecule has 0 bridgehead atoms. The van der Waals surface area contributed by atoms with E-state index in [0.717, 1.165) is 5.69 Å². The predicted octanol–water partition coefficient (Wildman–Crippen LogP) is 2.17. The van der Waals surface area contributed by atoms with Crippen LogP contribution in [0.5, 0.6) is 0 Å². The van der Waals surface area contributed by atoms with E-state index in [4.69, 9.17) is 9.47 Å². The lowest BCUT2D eigenvalue weighted by Gasteiger charge is -2.30. The van der Waals surface area contributed by atoms with Crippen molar-refractivity contribution in [2.75, 3.05) is 26.1 Å². The van der Waals surface area contributed by atoms with Gasteiger partial charge in [-0.1, -0.05) is 36.4 Å². The van der Waals surface area contributed by atoms with E-state index in [9.17, 15) is 9.59 Å². The van der Waals surface area contributed by atoms with Gasteiger partial charge in [-0.2, -0.15) is 0 Å². The molecule has 6 nitrogen and oxygen atoms in total. The summed E-state index contributed by atoms with van der Waals surface area (Å²) >= 11 is 0. The molecule has 0 spiro atoms. The Hall–Kier alpha value is -3.15. The number of para-hydroxylation sites is 1. The third kappa shape index (κ3) is 2.83. The molecule has 0 fully saturated rings. The number of carbonyl (C=O) groups excluding carboxylic acids is 2. The summed E-state index contributed by atoms with van der Waals surface area (Å²) in [5.41, 5.74) is 0.426. The van der Waals surface area contributed by atoms with Gasteiger partial charge in [-0.25, -0.2) is 9.79 Å². The molecule has 2 atom stereocenters. The molecule has 0 N–H and O–H groups in total. The van der Waals surface area contributed by atoms with Crippen molar-refractivity contribution in [3.05, 3.63) is 65.7 Å². The molecule has 0 aliphatic carbocycles. The van der Waals surface area contributed by atoms with Gasteiger partial charge in [0.2, 0.25) is 17.5 Å². The molecule has 2 aromatic carbocycles. The van der Waals surface area contributed by atoms with Crippen LogP contribution in [0.3, 0.4) is 0 Å². The number of aliphatic imine (C=N–C) groups is 1. The Labute approximate surface area is 152 Å². The van der Waals surface area contributed by atoms with Gasteiger partial charge in [0.05, 0.1) is 7.11 Å². The summed E-state index contributed by atoms with van der Waals surface area (Å²) in [7, 11) is 4.99. The number of rotatable bonds is 5. The van der Waals surface area contributed by atoms with Gasteiger partial charge in [-0.05, 0) is 18.2 Å². The molecule has 0 saturated carbocycles. The molecule has 0 aromatic heterocycles. The summed E-state index contributed by atoms with van der Waals surface area (Å²) < 4.78 is 10.9. The van der Waals surface area contributed by atoms with Crippen molar-refractivity contribution >= 4 is 23.8 Å². The van der Waals surface area contributed by atoms with E-state index in [1.165, 1.54) is 7.11 Å². The van der Waals surface area contributed by atoms with Crippen molar-refractivity contribution in [2.24, 2.45) is 4.99 Å². The van der Waals surface area contributed by atoms with Crippen molar-refractivity contribution in [1.82, 2.24) is 0 Å². The number of nitrogens with zero attached hydrogens (tertiary/aromatic N) is 2. The lowest BCUT2D eigenvalue weighted by Crippen LogP contribution is -2.45. The average molecular weight is 352 g/mol. The van der Waals surface area contributed by atoms with E-state index in [-0.39, 0.29) is 5.90 Å². The van der Waals surface area contributed by atoms with Crippen LogP contribution in [0.25, 0.3) is 0 Å². The summed E-state index contributed by atoms with van der Waals surface area (Å²) in [6.07, 6.45) is 0.635. The minimum Gasteiger partial charge on any atom is -0.467 e. The quantitative estimate of drug-likeness (QED) is 0.609. The molecule has 1 aliphatic heterocycles. The molecule has 0 saturated heterocycles. The van der Waals surface area contributed by atoms with Gasteiger partial charge in [0.15, 0.2) is 6.29 Å². The highest BCUT2D eigenvalue weighted by molar-refractivity contribution is 6.02. The normalized spacial score (nSPS) is 21.5. The average Bonchev–Trinajstić information content (AvgIpc) is 3.09. The fourth-order valence-electron chi connectivity index (χ4n) is 3.06. The lowest BCUT2D eigenvalue weighted by molar-refractivity contribution is -0.149. The monoisotopic (exact) mass is 352 g/mol. The summed E-state index contributed by atoms with van der Waals surface area (Å²) in [5, 5.41) is 0. The third-order valence-corrected chi connectivity index (χ3v) is 4.35. The van der Waals surface area contributed by atoms with Crippen LogP contribution in [0.1, 0.15) is 11.1 Å². The molecule has 3 rings (SSSR count). The van der Waals surface area contributed by atoms with Gasteiger partial charge in [-0.3, -0.25) is 4.79 Å². The highest BCUT2D eigenvalue weighted by atomic mass is 16.5. The number of hydrogen-bond donors (Lipinski definition) is 0. The smallest absolute Gasteiger partial charge is 0.335 e. The van der Waals surface area contributed by atoms with Crippen molar-refractivity contribution in [3.63, 3.8) is 0 Å². The first-order chi connectivity index (χ1) is 12.5. The van der Waals surface area contributed by atoms with E-state index in [1.54, 1.807) is 12.1 Å². The zero-order valence-electron chi connectivity index (χ0n) is 14.9. The maximum absolute atomic E-state index is 12.4. The first-order valence-corrected chi connectivity index (χ1v) is 8.16. The van der Waals surface area contributed by atoms with Crippen LogP contribution >= 0.6 is 0 Å². The number of esters is 1. The molecule has 0 radical (unpaired) electrons. The number of ether oxygens (including phenoxy) is 2. The number of methoxy groups -OCH3 is 1. The molecule has 1 aliphatic rings. The Kier molecular flexibility index (Phi) is 4.75. The molecular formula is C20H20N2O4. The van der Waals surface area contributed by atoms with Crippen molar-refractivity contribution in [2.45, 2.75) is 11.6 Å². The molecule has 2 aromatic rings. The molecule has 1 unspecified atom stereocenters. The SMILES string of the molecule is COC(=O)C1N=C(c2ccccc2)O[C@@]1(C=O)c1ccccc1N(C)C. The first-order valence-electron chi connectivity index (χ1n) is 8.16. The Morgan fingerprint density at radius 1 is 1.15 bits per heavy atom. The van der Waals surface area contributed by atoms with Crippen molar-refractivity contribution < 1.29 is 19.1 Å². The Bertz CT molecular complexity index is 848. The van der Waals surface area contributed by atoms with Crippen LogP contribution < -0.4 is 4.90 Å². The number of hydrogen-bond acceptors (Lipinski definition) is 6. The van der Waals surface area contributed by atoms with Gasteiger partial charge in [0, 0.05) is 30.9 Å². The maximum Gasteiger partial charge on any atom is 0.335 e. The predicted molar refractivity (Wildman–Crippen MR) is 98.4 cm³/mol. The van der Waals surface area contributed by atoms with Crippen molar-refractivity contribution in [3.8, 4) is 0 Å². The summed E-state index contributed by atoms with van der Waals surface area (Å²) in [4.78, 5) is 31.0. The van der Waals surface area contributed by atoms with Crippen LogP contribution in [0.15, 0.2) is 59.6 Å². The Balaban J connectivity index is 2.17. The number of carbonyl (C=O) groups is 2. The third-order valence-electron chi connectivity index (χ3n) is 4.35. The van der Waals surface area contributed by atoms with Crippen LogP contribution in [0, 0.1) is 0 Å². The molecule has 0 amide bonds. The molecule has 6 heteroatoms. The Morgan fingerprint density at radius 3 is 2.42 bits per heavy atom. The second-order valence-electron chi connectivity index (χ2n) is 6.15. The summed E-state index contributed by atoms with van der Waals surface area (Å²) in [6, 6.07) is 15.3. The second kappa shape index (κ2) is 7.00. The Morgan fingerprint density at radius 2 is 1.81 bits per heavy atom. The lowest BCUT2D eigenvalue weighted by atomic mass is 9.86. The van der Waals surface area contributed by atoms with Crippen molar-refractivity contribution in [1.29, 1.82) is 0 Å². The molecule has 1 heterocycles. The fraction of sp³-hybridized carbons (Fsp3) is 0.250. The van der Waals surface area contributed by atoms with E-state index in [0.29, 0.717) is 17.4 Å². The minimum atomic E-state index is -1.58. The highest BCUT2D eigenvalue weighted by Gasteiger charge is 2.54. The number of benzene rings is 2. The zero-order chi connectivity index (χ0) is 18.7. The van der Waals surface area contributed by atoms with E-state index in [1.807, 2.05) is 61.5 Å². The molecular weight excluding hydrogens is 332 g/mol.